The maximum atomic E-state index is 14.6. The van der Waals surface area contributed by atoms with Gasteiger partial charge in [-0.2, -0.15) is 5.21 Å². The number of hydrogen-bond donors (Lipinski definition) is 2. The van der Waals surface area contributed by atoms with Crippen LogP contribution >= 0.6 is 0 Å². The molecule has 4 aromatic rings. The first-order valence-electron chi connectivity index (χ1n) is 13.9. The smallest absolute Gasteiger partial charge is 0.204 e. The van der Waals surface area contributed by atoms with Crippen LogP contribution in [0.5, 0.6) is 5.75 Å². The van der Waals surface area contributed by atoms with E-state index in [1.54, 1.807) is 12.1 Å². The van der Waals surface area contributed by atoms with Gasteiger partial charge in [-0.1, -0.05) is 0 Å². The summed E-state index contributed by atoms with van der Waals surface area (Å²) in [5.74, 6) is -0.531. The van der Waals surface area contributed by atoms with E-state index in [0.717, 1.165) is 36.2 Å². The average Bonchev–Trinajstić information content (AvgIpc) is 3.68. The number of carbonyl (C=O) groups excluding carboxylic acids is 2. The summed E-state index contributed by atoms with van der Waals surface area (Å²) >= 11 is 0. The van der Waals surface area contributed by atoms with E-state index in [1.807, 2.05) is 18.2 Å². The minimum Gasteiger partial charge on any atom is -0.485 e. The highest BCUT2D eigenvalue weighted by molar-refractivity contribution is 6.20. The molecule has 2 aromatic heterocycles. The molecule has 206 valence electrons. The van der Waals surface area contributed by atoms with Gasteiger partial charge in [0.25, 0.3) is 0 Å². The SMILES string of the molecule is CCn1ccc2c(N3CCOCC3)cc(C(=O)[C@@H]3C(=O)c4cc(-c5nn[nH]n5)ccc4OC34CCNCC4)cc21. The zero-order valence-electron chi connectivity index (χ0n) is 22.4. The van der Waals surface area contributed by atoms with Crippen LogP contribution in [0.1, 0.15) is 40.5 Å². The van der Waals surface area contributed by atoms with Crippen molar-refractivity contribution in [3.05, 3.63) is 53.7 Å². The molecule has 2 fully saturated rings. The first-order valence-corrected chi connectivity index (χ1v) is 13.9. The van der Waals surface area contributed by atoms with Crippen molar-refractivity contribution in [2.45, 2.75) is 31.9 Å². The number of ketones is 2. The molecule has 3 aliphatic heterocycles. The maximum Gasteiger partial charge on any atom is 0.204 e. The largest absolute Gasteiger partial charge is 0.485 e. The van der Waals surface area contributed by atoms with E-state index in [2.05, 4.69) is 54.6 Å². The standard InChI is InChI=1S/C29H31N7O4/c1-2-35-10-5-20-22(35)16-19(17-23(20)36-11-13-39-14-12-36)26(37)25-27(38)21-15-18(28-31-33-34-32-28)3-4-24(21)40-29(25)6-8-30-9-7-29/h3-5,10,15-17,25,30H,2,6-9,11-14H2,1H3,(H,31,32,33,34)/t25-/m1/s1. The number of carbonyl (C=O) groups is 2. The molecule has 0 bridgehead atoms. The van der Waals surface area contributed by atoms with Crippen molar-refractivity contribution in [3.63, 3.8) is 0 Å². The Kier molecular flexibility index (Phi) is 6.12. The topological polar surface area (TPSA) is 127 Å². The number of fused-ring (bicyclic) bond motifs is 2. The van der Waals surface area contributed by atoms with Crippen molar-refractivity contribution in [1.29, 1.82) is 0 Å². The number of nitrogens with zero attached hydrogens (tertiary/aromatic N) is 5. The number of aromatic amines is 1. The van der Waals surface area contributed by atoms with Crippen LogP contribution in [-0.2, 0) is 11.3 Å². The molecule has 11 nitrogen and oxygen atoms in total. The highest BCUT2D eigenvalue weighted by Gasteiger charge is 2.54. The van der Waals surface area contributed by atoms with E-state index >= 15 is 0 Å². The summed E-state index contributed by atoms with van der Waals surface area (Å²) in [5.41, 5.74) is 2.60. The third-order valence-corrected chi connectivity index (χ3v) is 8.51. The van der Waals surface area contributed by atoms with Crippen molar-refractivity contribution in [2.75, 3.05) is 44.3 Å². The molecule has 2 aromatic carbocycles. The molecule has 0 unspecified atom stereocenters. The van der Waals surface area contributed by atoms with Crippen LogP contribution in [0.3, 0.4) is 0 Å². The van der Waals surface area contributed by atoms with Crippen molar-refractivity contribution >= 4 is 28.2 Å². The maximum absolute atomic E-state index is 14.6. The monoisotopic (exact) mass is 541 g/mol. The summed E-state index contributed by atoms with van der Waals surface area (Å²) in [6.07, 6.45) is 3.18. The molecular formula is C29H31N7O4. The van der Waals surface area contributed by atoms with Crippen LogP contribution < -0.4 is 15.0 Å². The zero-order valence-corrected chi connectivity index (χ0v) is 22.4. The molecule has 2 saturated heterocycles. The van der Waals surface area contributed by atoms with E-state index in [0.29, 0.717) is 67.4 Å². The number of Topliss-reactive ketones (excluding diaryl/α,β-unsaturated/α-hetero) is 2. The Bertz CT molecular complexity index is 1580. The van der Waals surface area contributed by atoms with Crippen LogP contribution in [0.4, 0.5) is 5.69 Å². The number of hydrogen-bond acceptors (Lipinski definition) is 9. The Labute approximate surface area is 230 Å². The van der Waals surface area contributed by atoms with Crippen LogP contribution in [-0.4, -0.2) is 81.8 Å². The number of tetrazole rings is 1. The van der Waals surface area contributed by atoms with Gasteiger partial charge in [0.2, 0.25) is 5.82 Å². The van der Waals surface area contributed by atoms with Gasteiger partial charge in [-0.15, -0.1) is 10.2 Å². The summed E-state index contributed by atoms with van der Waals surface area (Å²) < 4.78 is 14.4. The second-order valence-corrected chi connectivity index (χ2v) is 10.7. The summed E-state index contributed by atoms with van der Waals surface area (Å²) in [7, 11) is 0. The molecule has 3 aliphatic rings. The quantitative estimate of drug-likeness (QED) is 0.290. The summed E-state index contributed by atoms with van der Waals surface area (Å²) in [4.78, 5) is 31.2. The van der Waals surface area contributed by atoms with Crippen molar-refractivity contribution in [2.24, 2.45) is 5.92 Å². The number of anilines is 1. The number of aryl methyl sites for hydroxylation is 1. The number of ether oxygens (including phenoxy) is 2. The van der Waals surface area contributed by atoms with E-state index in [9.17, 15) is 9.59 Å². The summed E-state index contributed by atoms with van der Waals surface area (Å²) in [6.45, 7) is 6.97. The third kappa shape index (κ3) is 3.99. The van der Waals surface area contributed by atoms with Gasteiger partial charge in [0.05, 0.1) is 24.3 Å². The molecule has 7 rings (SSSR count). The highest BCUT2D eigenvalue weighted by Crippen LogP contribution is 2.45. The molecule has 0 saturated carbocycles. The van der Waals surface area contributed by atoms with E-state index in [4.69, 9.17) is 9.47 Å². The van der Waals surface area contributed by atoms with E-state index in [1.165, 1.54) is 0 Å². The predicted octanol–water partition coefficient (Wildman–Crippen LogP) is 2.87. The van der Waals surface area contributed by atoms with Gasteiger partial charge in [-0.05, 0) is 61.6 Å². The minimum absolute atomic E-state index is 0.206. The Balaban J connectivity index is 1.35. The molecule has 5 heterocycles. The second-order valence-electron chi connectivity index (χ2n) is 10.7. The fourth-order valence-electron chi connectivity index (χ4n) is 6.43. The molecule has 2 N–H and O–H groups in total. The molecule has 0 aliphatic carbocycles. The van der Waals surface area contributed by atoms with Gasteiger partial charge < -0.3 is 24.3 Å². The van der Waals surface area contributed by atoms with Gasteiger partial charge in [-0.25, -0.2) is 0 Å². The molecule has 1 atom stereocenters. The molecule has 40 heavy (non-hydrogen) atoms. The molecule has 0 amide bonds. The zero-order chi connectivity index (χ0) is 27.3. The Morgan fingerprint density at radius 3 is 2.70 bits per heavy atom. The number of morpholine rings is 1. The summed E-state index contributed by atoms with van der Waals surface area (Å²) in [6, 6.07) is 11.3. The molecular weight excluding hydrogens is 510 g/mol. The number of benzene rings is 2. The average molecular weight is 542 g/mol. The molecule has 11 heteroatoms. The van der Waals surface area contributed by atoms with Gasteiger partial charge in [0.1, 0.15) is 17.3 Å². The lowest BCUT2D eigenvalue weighted by molar-refractivity contribution is -0.0138. The number of H-pyrrole nitrogens is 1. The first kappa shape index (κ1) is 24.9. The Morgan fingerprint density at radius 1 is 1.12 bits per heavy atom. The number of aromatic nitrogens is 5. The number of rotatable bonds is 5. The van der Waals surface area contributed by atoms with Crippen molar-refractivity contribution in [1.82, 2.24) is 30.5 Å². The van der Waals surface area contributed by atoms with Crippen molar-refractivity contribution < 1.29 is 19.1 Å². The fraction of sp³-hybridized carbons (Fsp3) is 0.414. The highest BCUT2D eigenvalue weighted by atomic mass is 16.5. The normalized spacial score (nSPS) is 20.5. The number of piperidine rings is 1. The lowest BCUT2D eigenvalue weighted by Crippen LogP contribution is -2.58. The minimum atomic E-state index is -0.970. The first-order chi connectivity index (χ1) is 19.6. The van der Waals surface area contributed by atoms with Gasteiger partial charge in [0.15, 0.2) is 11.6 Å². The van der Waals surface area contributed by atoms with Crippen LogP contribution in [0, 0.1) is 5.92 Å². The lowest BCUT2D eigenvalue weighted by atomic mass is 9.70. The van der Waals surface area contributed by atoms with Crippen LogP contribution in [0.15, 0.2) is 42.6 Å². The Morgan fingerprint density at radius 2 is 1.95 bits per heavy atom. The second kappa shape index (κ2) is 9.83. The van der Waals surface area contributed by atoms with Gasteiger partial charge in [-0.3, -0.25) is 9.59 Å². The van der Waals surface area contributed by atoms with Gasteiger partial charge in [0, 0.05) is 60.9 Å². The lowest BCUT2D eigenvalue weighted by Gasteiger charge is -2.45. The predicted molar refractivity (Wildman–Crippen MR) is 148 cm³/mol. The fourth-order valence-corrected chi connectivity index (χ4v) is 6.43. The summed E-state index contributed by atoms with van der Waals surface area (Å²) in [5, 5.41) is 18.6. The molecule has 0 radical (unpaired) electrons. The van der Waals surface area contributed by atoms with Crippen molar-refractivity contribution in [3.8, 4) is 17.1 Å². The van der Waals surface area contributed by atoms with Gasteiger partial charge >= 0.3 is 0 Å². The van der Waals surface area contributed by atoms with Crippen LogP contribution in [0.25, 0.3) is 22.3 Å². The van der Waals surface area contributed by atoms with E-state index < -0.39 is 11.5 Å². The van der Waals surface area contributed by atoms with E-state index in [-0.39, 0.29) is 11.6 Å². The third-order valence-electron chi connectivity index (χ3n) is 8.51. The van der Waals surface area contributed by atoms with Crippen LogP contribution in [0.2, 0.25) is 0 Å². The Hall–Kier alpha value is -4.09. The number of nitrogens with one attached hydrogen (secondary N) is 2. The molecule has 1 spiro atoms.